The monoisotopic (exact) mass is 337 g/mol. The van der Waals surface area contributed by atoms with E-state index in [1.165, 1.54) is 7.11 Å². The van der Waals surface area contributed by atoms with Crippen molar-refractivity contribution >= 4 is 22.7 Å². The largest absolute Gasteiger partial charge is 0.497 e. The maximum Gasteiger partial charge on any atom is 0.338 e. The number of fused-ring (bicyclic) bond motifs is 1. The second-order valence-corrected chi connectivity index (χ2v) is 5.81. The number of Topliss-reactive ketones (excluding diaryl/α,β-unsaturated/α-hetero) is 1. The van der Waals surface area contributed by atoms with Crippen molar-refractivity contribution in [2.45, 2.75) is 20.0 Å². The number of hydrogen-bond donors (Lipinski definition) is 1. The van der Waals surface area contributed by atoms with Gasteiger partial charge >= 0.3 is 5.97 Å². The predicted molar refractivity (Wildman–Crippen MR) is 95.2 cm³/mol. The van der Waals surface area contributed by atoms with Gasteiger partial charge in [0, 0.05) is 22.2 Å². The van der Waals surface area contributed by atoms with Crippen molar-refractivity contribution in [3.63, 3.8) is 0 Å². The molecule has 5 nitrogen and oxygen atoms in total. The molecular weight excluding hydrogens is 318 g/mol. The van der Waals surface area contributed by atoms with E-state index in [1.807, 2.05) is 31.2 Å². The van der Waals surface area contributed by atoms with Gasteiger partial charge < -0.3 is 14.5 Å². The molecule has 0 radical (unpaired) electrons. The van der Waals surface area contributed by atoms with Gasteiger partial charge in [0.05, 0.1) is 12.7 Å². The van der Waals surface area contributed by atoms with Gasteiger partial charge in [-0.1, -0.05) is 24.3 Å². The Morgan fingerprint density at radius 3 is 2.60 bits per heavy atom. The number of aryl methyl sites for hydroxylation is 1. The van der Waals surface area contributed by atoms with E-state index in [0.29, 0.717) is 16.9 Å². The van der Waals surface area contributed by atoms with Crippen LogP contribution in [0.3, 0.4) is 0 Å². The molecule has 0 spiro atoms. The van der Waals surface area contributed by atoms with Crippen LogP contribution in [0.4, 0.5) is 0 Å². The fraction of sp³-hybridized carbons (Fsp3) is 0.200. The molecule has 0 amide bonds. The van der Waals surface area contributed by atoms with E-state index in [-0.39, 0.29) is 5.78 Å². The molecule has 1 heterocycles. The molecule has 1 atom stereocenters. The number of H-pyrrole nitrogens is 1. The van der Waals surface area contributed by atoms with Crippen LogP contribution in [0.1, 0.15) is 33.3 Å². The highest BCUT2D eigenvalue weighted by molar-refractivity contribution is 6.11. The average Bonchev–Trinajstić information content (AvgIpc) is 2.96. The van der Waals surface area contributed by atoms with E-state index in [9.17, 15) is 9.59 Å². The maximum atomic E-state index is 12.8. The molecule has 3 aromatic rings. The van der Waals surface area contributed by atoms with Crippen LogP contribution in [0.25, 0.3) is 10.9 Å². The van der Waals surface area contributed by atoms with Crippen LogP contribution in [0.15, 0.2) is 48.5 Å². The van der Waals surface area contributed by atoms with Gasteiger partial charge in [-0.3, -0.25) is 4.79 Å². The molecule has 3 rings (SSSR count). The minimum Gasteiger partial charge on any atom is -0.497 e. The van der Waals surface area contributed by atoms with Gasteiger partial charge in [-0.2, -0.15) is 0 Å². The van der Waals surface area contributed by atoms with Gasteiger partial charge in [-0.05, 0) is 38.1 Å². The molecule has 1 unspecified atom stereocenters. The molecule has 0 fully saturated rings. The zero-order valence-corrected chi connectivity index (χ0v) is 14.3. The Balaban J connectivity index is 1.82. The first kappa shape index (κ1) is 16.8. The number of methoxy groups -OCH3 is 1. The number of aromatic nitrogens is 1. The van der Waals surface area contributed by atoms with Crippen molar-refractivity contribution in [3.8, 4) is 5.75 Å². The molecule has 0 bridgehead atoms. The minimum absolute atomic E-state index is 0.230. The number of nitrogens with one attached hydrogen (secondary N) is 1. The summed E-state index contributed by atoms with van der Waals surface area (Å²) in [6.07, 6.45) is -0.892. The highest BCUT2D eigenvalue weighted by Crippen LogP contribution is 2.24. The van der Waals surface area contributed by atoms with Crippen LogP contribution < -0.4 is 4.74 Å². The summed E-state index contributed by atoms with van der Waals surface area (Å²) in [5.41, 5.74) is 2.54. The lowest BCUT2D eigenvalue weighted by Gasteiger charge is -2.13. The van der Waals surface area contributed by atoms with E-state index in [4.69, 9.17) is 9.47 Å². The summed E-state index contributed by atoms with van der Waals surface area (Å²) in [5, 5.41) is 0.828. The quantitative estimate of drug-likeness (QED) is 0.566. The third-order valence-corrected chi connectivity index (χ3v) is 4.10. The first-order valence-electron chi connectivity index (χ1n) is 7.98. The van der Waals surface area contributed by atoms with Crippen molar-refractivity contribution in [2.75, 3.05) is 7.11 Å². The second-order valence-electron chi connectivity index (χ2n) is 5.81. The summed E-state index contributed by atoms with van der Waals surface area (Å²) < 4.78 is 10.5. The van der Waals surface area contributed by atoms with Gasteiger partial charge in [0.15, 0.2) is 6.10 Å². The molecule has 1 aromatic heterocycles. The fourth-order valence-electron chi connectivity index (χ4n) is 2.83. The van der Waals surface area contributed by atoms with Crippen molar-refractivity contribution in [3.05, 3.63) is 65.4 Å². The smallest absolute Gasteiger partial charge is 0.338 e. The number of rotatable bonds is 5. The van der Waals surface area contributed by atoms with E-state index >= 15 is 0 Å². The summed E-state index contributed by atoms with van der Waals surface area (Å²) in [5.74, 6) is -0.232. The summed E-state index contributed by atoms with van der Waals surface area (Å²) >= 11 is 0. The number of hydrogen-bond acceptors (Lipinski definition) is 4. The van der Waals surface area contributed by atoms with Crippen LogP contribution >= 0.6 is 0 Å². The molecule has 0 saturated carbocycles. The van der Waals surface area contributed by atoms with E-state index in [1.54, 1.807) is 31.2 Å². The zero-order valence-electron chi connectivity index (χ0n) is 14.3. The maximum absolute atomic E-state index is 12.8. The number of ether oxygens (including phenoxy) is 2. The van der Waals surface area contributed by atoms with Crippen molar-refractivity contribution in [1.29, 1.82) is 0 Å². The first-order chi connectivity index (χ1) is 12.0. The number of aromatic amines is 1. The first-order valence-corrected chi connectivity index (χ1v) is 7.98. The predicted octanol–water partition coefficient (Wildman–Crippen LogP) is 3.91. The number of carbonyl (C=O) groups excluding carboxylic acids is 2. The van der Waals surface area contributed by atoms with Crippen molar-refractivity contribution in [1.82, 2.24) is 4.98 Å². The Morgan fingerprint density at radius 1 is 1.08 bits per heavy atom. The van der Waals surface area contributed by atoms with Gasteiger partial charge in [0.2, 0.25) is 5.78 Å². The van der Waals surface area contributed by atoms with E-state index in [2.05, 4.69) is 4.98 Å². The molecular formula is C20H19NO4. The van der Waals surface area contributed by atoms with Crippen LogP contribution in [-0.2, 0) is 4.74 Å². The number of carbonyl (C=O) groups is 2. The Hall–Kier alpha value is -3.08. The van der Waals surface area contributed by atoms with E-state index < -0.39 is 12.1 Å². The Morgan fingerprint density at radius 2 is 1.84 bits per heavy atom. The highest BCUT2D eigenvalue weighted by atomic mass is 16.5. The molecule has 2 aromatic carbocycles. The van der Waals surface area contributed by atoms with Crippen molar-refractivity contribution < 1.29 is 19.1 Å². The lowest BCUT2D eigenvalue weighted by molar-refractivity contribution is 0.0319. The van der Waals surface area contributed by atoms with Crippen molar-refractivity contribution in [2.24, 2.45) is 0 Å². The van der Waals surface area contributed by atoms with Gasteiger partial charge in [-0.15, -0.1) is 0 Å². The topological polar surface area (TPSA) is 68.4 Å². The average molecular weight is 337 g/mol. The summed E-state index contributed by atoms with van der Waals surface area (Å²) in [7, 11) is 1.52. The minimum atomic E-state index is -0.892. The standard InChI is InChI=1S/C20H19NO4/c1-12-18(16-9-4-5-10-17(16)21-12)19(22)13(2)25-20(23)14-7-6-8-15(11-14)24-3/h4-11,13,21H,1-3H3. The number of ketones is 1. The second kappa shape index (κ2) is 6.81. The summed E-state index contributed by atoms with van der Waals surface area (Å²) in [4.78, 5) is 28.3. The molecule has 0 aliphatic rings. The van der Waals surface area contributed by atoms with Gasteiger partial charge in [0.25, 0.3) is 0 Å². The third-order valence-electron chi connectivity index (χ3n) is 4.10. The van der Waals surface area contributed by atoms with Gasteiger partial charge in [-0.25, -0.2) is 4.79 Å². The molecule has 5 heteroatoms. The molecule has 0 aliphatic carbocycles. The number of esters is 1. The van der Waals surface area contributed by atoms with E-state index in [0.717, 1.165) is 16.6 Å². The fourth-order valence-corrected chi connectivity index (χ4v) is 2.83. The summed E-state index contributed by atoms with van der Waals surface area (Å²) in [6, 6.07) is 14.2. The van der Waals surface area contributed by atoms with Crippen LogP contribution in [-0.4, -0.2) is 30.0 Å². The molecule has 0 aliphatic heterocycles. The Labute approximate surface area is 145 Å². The number of para-hydroxylation sites is 1. The molecule has 25 heavy (non-hydrogen) atoms. The Kier molecular flexibility index (Phi) is 4.57. The van der Waals surface area contributed by atoms with Crippen LogP contribution in [0.2, 0.25) is 0 Å². The molecule has 1 N–H and O–H groups in total. The highest BCUT2D eigenvalue weighted by Gasteiger charge is 2.24. The SMILES string of the molecule is COc1cccc(C(=O)OC(C)C(=O)c2c(C)[nH]c3ccccc23)c1. The van der Waals surface area contributed by atoms with Crippen LogP contribution in [0, 0.1) is 6.92 Å². The number of benzene rings is 2. The normalized spacial score (nSPS) is 12.0. The lowest BCUT2D eigenvalue weighted by Crippen LogP contribution is -2.24. The molecule has 0 saturated heterocycles. The summed E-state index contributed by atoms with van der Waals surface area (Å²) in [6.45, 7) is 3.42. The lowest BCUT2D eigenvalue weighted by atomic mass is 10.0. The van der Waals surface area contributed by atoms with Gasteiger partial charge in [0.1, 0.15) is 5.75 Å². The molecule has 128 valence electrons. The zero-order chi connectivity index (χ0) is 18.0. The van der Waals surface area contributed by atoms with Crippen LogP contribution in [0.5, 0.6) is 5.75 Å². The Bertz CT molecular complexity index is 942. The third kappa shape index (κ3) is 3.26.